The molecule has 0 aliphatic rings. The van der Waals surface area contributed by atoms with Gasteiger partial charge in [0.1, 0.15) is 0 Å². The van der Waals surface area contributed by atoms with Crippen LogP contribution in [0.3, 0.4) is 0 Å². The van der Waals surface area contributed by atoms with Gasteiger partial charge in [-0.25, -0.2) is 10.1 Å². The highest BCUT2D eigenvalue weighted by atomic mass is 35.5. The Morgan fingerprint density at radius 3 is 2.79 bits per heavy atom. The molecule has 0 aliphatic carbocycles. The van der Waals surface area contributed by atoms with Gasteiger partial charge >= 0.3 is 0 Å². The van der Waals surface area contributed by atoms with E-state index in [1.165, 1.54) is 19.3 Å². The molecule has 8 nitrogen and oxygen atoms in total. The van der Waals surface area contributed by atoms with Crippen LogP contribution in [0, 0.1) is 0 Å². The van der Waals surface area contributed by atoms with E-state index in [2.05, 4.69) is 15.6 Å². The van der Waals surface area contributed by atoms with E-state index in [1.54, 1.807) is 37.3 Å². The number of carbonyl (C=O) groups is 1. The molecule has 0 fully saturated rings. The third-order valence-electron chi connectivity index (χ3n) is 3.90. The Morgan fingerprint density at radius 1 is 1.36 bits per heavy atom. The number of halogens is 1. The molecule has 3 aromatic rings. The van der Waals surface area contributed by atoms with E-state index >= 15 is 0 Å². The Hall–Kier alpha value is -3.39. The van der Waals surface area contributed by atoms with Crippen LogP contribution >= 0.6 is 11.6 Å². The van der Waals surface area contributed by atoms with Crippen LogP contribution in [0.15, 0.2) is 46.3 Å². The Kier molecular flexibility index (Phi) is 5.60. The Morgan fingerprint density at radius 2 is 2.07 bits per heavy atom. The second-order valence-corrected chi connectivity index (χ2v) is 6.21. The first-order valence-electron chi connectivity index (χ1n) is 8.37. The third kappa shape index (κ3) is 3.81. The minimum atomic E-state index is -0.571. The van der Waals surface area contributed by atoms with Crippen molar-refractivity contribution in [2.24, 2.45) is 12.1 Å². The summed E-state index contributed by atoms with van der Waals surface area (Å²) in [5.74, 6) is -0.517. The van der Waals surface area contributed by atoms with Crippen LogP contribution in [0.25, 0.3) is 10.8 Å². The molecule has 1 aromatic heterocycles. The van der Waals surface area contributed by atoms with E-state index in [9.17, 15) is 14.7 Å². The predicted molar refractivity (Wildman–Crippen MR) is 106 cm³/mol. The third-order valence-corrected chi connectivity index (χ3v) is 4.19. The van der Waals surface area contributed by atoms with Crippen LogP contribution in [0.4, 0.5) is 0 Å². The lowest BCUT2D eigenvalue weighted by atomic mass is 10.1. The number of benzene rings is 2. The van der Waals surface area contributed by atoms with Crippen molar-refractivity contribution in [3.05, 3.63) is 63.0 Å². The van der Waals surface area contributed by atoms with Crippen LogP contribution < -0.4 is 15.7 Å². The van der Waals surface area contributed by atoms with Crippen LogP contribution in [0.1, 0.15) is 23.0 Å². The molecule has 0 aliphatic heterocycles. The highest BCUT2D eigenvalue weighted by molar-refractivity contribution is 6.32. The highest BCUT2D eigenvalue weighted by Gasteiger charge is 2.15. The number of hydrogen-bond acceptors (Lipinski definition) is 6. The predicted octanol–water partition coefficient (Wildman–Crippen LogP) is 2.46. The van der Waals surface area contributed by atoms with Crippen molar-refractivity contribution in [3.63, 3.8) is 0 Å². The molecule has 0 bridgehead atoms. The van der Waals surface area contributed by atoms with Gasteiger partial charge in [-0.1, -0.05) is 29.8 Å². The number of amides is 1. The van der Waals surface area contributed by atoms with Crippen LogP contribution in [0.2, 0.25) is 5.02 Å². The Labute approximate surface area is 165 Å². The van der Waals surface area contributed by atoms with Crippen molar-refractivity contribution in [3.8, 4) is 11.5 Å². The number of nitrogens with one attached hydrogen (secondary N) is 1. The maximum Gasteiger partial charge on any atom is 0.292 e. The van der Waals surface area contributed by atoms with Gasteiger partial charge in [0.15, 0.2) is 17.2 Å². The average Bonchev–Trinajstić information content (AvgIpc) is 2.68. The highest BCUT2D eigenvalue weighted by Crippen LogP contribution is 2.34. The van der Waals surface area contributed by atoms with Gasteiger partial charge in [-0.15, -0.1) is 0 Å². The van der Waals surface area contributed by atoms with Crippen molar-refractivity contribution in [2.45, 2.75) is 6.92 Å². The second kappa shape index (κ2) is 8.10. The van der Waals surface area contributed by atoms with Crippen molar-refractivity contribution in [2.75, 3.05) is 6.61 Å². The lowest BCUT2D eigenvalue weighted by molar-refractivity contribution is 0.0950. The molecule has 0 saturated carbocycles. The number of hydrazone groups is 1. The largest absolute Gasteiger partial charge is 0.503 e. The molecule has 1 amide bonds. The molecule has 0 spiro atoms. The molecule has 0 saturated heterocycles. The fraction of sp³-hybridized carbons (Fsp3) is 0.158. The standard InChI is InChI=1S/C19H17ClN4O4/c1-3-28-15-9-11(8-14(20)17(15)25)10-21-22-18(26)16-12-6-4-5-7-13(12)19(27)24(2)23-16/h4-10,25H,3H2,1-2H3,(H,22,26)/b21-10+. The molecule has 3 rings (SSSR count). The summed E-state index contributed by atoms with van der Waals surface area (Å²) in [6, 6.07) is 9.74. The van der Waals surface area contributed by atoms with Gasteiger partial charge in [-0.05, 0) is 30.7 Å². The fourth-order valence-corrected chi connectivity index (χ4v) is 2.84. The quantitative estimate of drug-likeness (QED) is 0.505. The molecular weight excluding hydrogens is 384 g/mol. The molecule has 2 aromatic carbocycles. The van der Waals surface area contributed by atoms with E-state index in [0.717, 1.165) is 4.68 Å². The van der Waals surface area contributed by atoms with Gasteiger partial charge in [0.25, 0.3) is 11.5 Å². The normalized spacial score (nSPS) is 11.1. The van der Waals surface area contributed by atoms with Crippen molar-refractivity contribution < 1.29 is 14.6 Å². The van der Waals surface area contributed by atoms with Gasteiger partial charge in [-0.2, -0.15) is 10.2 Å². The van der Waals surface area contributed by atoms with Crippen molar-refractivity contribution >= 4 is 34.5 Å². The topological polar surface area (TPSA) is 106 Å². The fourth-order valence-electron chi connectivity index (χ4n) is 2.62. The zero-order valence-electron chi connectivity index (χ0n) is 15.1. The zero-order valence-corrected chi connectivity index (χ0v) is 15.9. The first kappa shape index (κ1) is 19.4. The SMILES string of the molecule is CCOc1cc(/C=N/NC(=O)c2nn(C)c(=O)c3ccccc23)cc(Cl)c1O. The number of phenols is 1. The lowest BCUT2D eigenvalue weighted by Gasteiger charge is -2.08. The average molecular weight is 401 g/mol. The number of aromatic hydroxyl groups is 1. The number of nitrogens with zero attached hydrogens (tertiary/aromatic N) is 3. The minimum Gasteiger partial charge on any atom is -0.503 e. The maximum atomic E-state index is 12.5. The van der Waals surface area contributed by atoms with Gasteiger partial charge < -0.3 is 9.84 Å². The molecule has 144 valence electrons. The number of phenolic OH excluding ortho intramolecular Hbond substituents is 1. The summed E-state index contributed by atoms with van der Waals surface area (Å²) < 4.78 is 6.41. The van der Waals surface area contributed by atoms with E-state index < -0.39 is 5.91 Å². The minimum absolute atomic E-state index is 0.0774. The zero-order chi connectivity index (χ0) is 20.3. The molecule has 2 N–H and O–H groups in total. The summed E-state index contributed by atoms with van der Waals surface area (Å²) in [6.07, 6.45) is 1.36. The summed E-state index contributed by atoms with van der Waals surface area (Å²) in [4.78, 5) is 24.7. The molecule has 1 heterocycles. The van der Waals surface area contributed by atoms with Gasteiger partial charge in [-0.3, -0.25) is 9.59 Å². The van der Waals surface area contributed by atoms with Crippen LogP contribution in [-0.4, -0.2) is 33.6 Å². The molecule has 9 heteroatoms. The first-order valence-corrected chi connectivity index (χ1v) is 8.75. The van der Waals surface area contributed by atoms with E-state index in [4.69, 9.17) is 16.3 Å². The summed E-state index contributed by atoms with van der Waals surface area (Å²) in [5, 5.41) is 18.7. The number of aromatic nitrogens is 2. The second-order valence-electron chi connectivity index (χ2n) is 5.80. The monoisotopic (exact) mass is 400 g/mol. The molecule has 28 heavy (non-hydrogen) atoms. The molecular formula is C19H17ClN4O4. The summed E-state index contributed by atoms with van der Waals surface area (Å²) in [7, 11) is 1.47. The number of carbonyl (C=O) groups excluding carboxylic acids is 1. The molecule has 0 atom stereocenters. The summed E-state index contributed by atoms with van der Waals surface area (Å²) in [6.45, 7) is 2.13. The smallest absolute Gasteiger partial charge is 0.292 e. The number of fused-ring (bicyclic) bond motifs is 1. The van der Waals surface area contributed by atoms with Crippen molar-refractivity contribution in [1.82, 2.24) is 15.2 Å². The van der Waals surface area contributed by atoms with E-state index in [-0.39, 0.29) is 27.8 Å². The number of ether oxygens (including phenoxy) is 1. The first-order chi connectivity index (χ1) is 13.4. The van der Waals surface area contributed by atoms with Gasteiger partial charge in [0.05, 0.1) is 23.2 Å². The van der Waals surface area contributed by atoms with Gasteiger partial charge in [0, 0.05) is 12.4 Å². The van der Waals surface area contributed by atoms with Crippen LogP contribution in [0.5, 0.6) is 11.5 Å². The number of aryl methyl sites for hydroxylation is 1. The van der Waals surface area contributed by atoms with E-state index in [1.807, 2.05) is 0 Å². The number of hydrogen-bond donors (Lipinski definition) is 2. The summed E-state index contributed by atoms with van der Waals surface area (Å²) in [5.41, 5.74) is 2.68. The number of rotatable bonds is 5. The van der Waals surface area contributed by atoms with Crippen LogP contribution in [-0.2, 0) is 7.05 Å². The molecule has 0 unspecified atom stereocenters. The van der Waals surface area contributed by atoms with Gasteiger partial charge in [0.2, 0.25) is 0 Å². The molecule has 0 radical (unpaired) electrons. The van der Waals surface area contributed by atoms with Crippen molar-refractivity contribution in [1.29, 1.82) is 0 Å². The maximum absolute atomic E-state index is 12.5. The van der Waals surface area contributed by atoms with E-state index in [0.29, 0.717) is 22.9 Å². The lowest BCUT2D eigenvalue weighted by Crippen LogP contribution is -2.27. The Bertz CT molecular complexity index is 1140. The summed E-state index contributed by atoms with van der Waals surface area (Å²) >= 11 is 5.97. The Balaban J connectivity index is 1.86.